The number of aryl methyl sites for hydroxylation is 1. The smallest absolute Gasteiger partial charge is 0.271 e. The molecule has 0 fully saturated rings. The highest BCUT2D eigenvalue weighted by Gasteiger charge is 2.10. The fraction of sp³-hybridized carbons (Fsp3) is 0.176. The van der Waals surface area contributed by atoms with E-state index < -0.39 is 0 Å². The molecule has 2 aromatic rings. The van der Waals surface area contributed by atoms with Gasteiger partial charge in [0.15, 0.2) is 11.5 Å². The van der Waals surface area contributed by atoms with Crippen molar-refractivity contribution in [2.24, 2.45) is 5.10 Å². The largest absolute Gasteiger partial charge is 0.502 e. The molecule has 0 unspecified atom stereocenters. The van der Waals surface area contributed by atoms with Crippen molar-refractivity contribution in [3.63, 3.8) is 0 Å². The van der Waals surface area contributed by atoms with Crippen LogP contribution in [0.25, 0.3) is 0 Å². The maximum atomic E-state index is 12.0. The summed E-state index contributed by atoms with van der Waals surface area (Å²) in [5.74, 6) is 0.130. The molecule has 0 atom stereocenters. The highest BCUT2D eigenvalue weighted by Crippen LogP contribution is 2.36. The van der Waals surface area contributed by atoms with E-state index in [1.807, 2.05) is 19.1 Å². The fourth-order valence-corrected chi connectivity index (χ4v) is 2.00. The Bertz CT molecular complexity index is 716. The Labute approximate surface area is 134 Å². The summed E-state index contributed by atoms with van der Waals surface area (Å²) in [6.07, 6.45) is 1.44. The summed E-state index contributed by atoms with van der Waals surface area (Å²) in [6.45, 7) is 1.91. The lowest BCUT2D eigenvalue weighted by atomic mass is 10.1. The van der Waals surface area contributed by atoms with Crippen LogP contribution >= 0.6 is 0 Å². The SMILES string of the molecule is COc1cc(/C=N/NC(=O)c2cccc(C)c2)cc(OC)c1O. The Morgan fingerprint density at radius 3 is 2.39 bits per heavy atom. The number of phenols is 1. The molecule has 0 aliphatic carbocycles. The van der Waals surface area contributed by atoms with Crippen molar-refractivity contribution in [2.45, 2.75) is 6.92 Å². The van der Waals surface area contributed by atoms with Gasteiger partial charge in [0, 0.05) is 11.1 Å². The van der Waals surface area contributed by atoms with E-state index in [4.69, 9.17) is 9.47 Å². The van der Waals surface area contributed by atoms with Gasteiger partial charge >= 0.3 is 0 Å². The molecule has 23 heavy (non-hydrogen) atoms. The second kappa shape index (κ2) is 7.31. The van der Waals surface area contributed by atoms with Gasteiger partial charge in [-0.05, 0) is 31.2 Å². The molecule has 120 valence electrons. The van der Waals surface area contributed by atoms with E-state index in [9.17, 15) is 9.90 Å². The third kappa shape index (κ3) is 4.00. The van der Waals surface area contributed by atoms with Gasteiger partial charge in [0.1, 0.15) is 0 Å². The van der Waals surface area contributed by atoms with E-state index in [1.54, 1.807) is 24.3 Å². The summed E-state index contributed by atoms with van der Waals surface area (Å²) in [5.41, 5.74) is 4.59. The highest BCUT2D eigenvalue weighted by atomic mass is 16.5. The van der Waals surface area contributed by atoms with Gasteiger partial charge in [0.05, 0.1) is 20.4 Å². The first-order chi connectivity index (χ1) is 11.0. The Morgan fingerprint density at radius 1 is 1.17 bits per heavy atom. The summed E-state index contributed by atoms with van der Waals surface area (Å²) in [4.78, 5) is 12.0. The minimum atomic E-state index is -0.303. The number of aromatic hydroxyl groups is 1. The van der Waals surface area contributed by atoms with E-state index in [0.717, 1.165) is 5.56 Å². The second-order valence-electron chi connectivity index (χ2n) is 4.84. The fourth-order valence-electron chi connectivity index (χ4n) is 2.00. The van der Waals surface area contributed by atoms with Crippen molar-refractivity contribution < 1.29 is 19.4 Å². The zero-order valence-electron chi connectivity index (χ0n) is 13.2. The van der Waals surface area contributed by atoms with Crippen LogP contribution in [0.15, 0.2) is 41.5 Å². The Hall–Kier alpha value is -3.02. The predicted octanol–water partition coefficient (Wildman–Crippen LogP) is 2.48. The molecular weight excluding hydrogens is 296 g/mol. The zero-order valence-corrected chi connectivity index (χ0v) is 13.2. The van der Waals surface area contributed by atoms with Gasteiger partial charge in [-0.25, -0.2) is 5.43 Å². The molecule has 0 aliphatic rings. The first kappa shape index (κ1) is 16.4. The zero-order chi connectivity index (χ0) is 16.8. The molecule has 0 bridgehead atoms. The van der Waals surface area contributed by atoms with E-state index in [1.165, 1.54) is 20.4 Å². The number of hydrogen-bond donors (Lipinski definition) is 2. The number of amides is 1. The van der Waals surface area contributed by atoms with Crippen molar-refractivity contribution in [3.8, 4) is 17.2 Å². The van der Waals surface area contributed by atoms with Crippen molar-refractivity contribution in [3.05, 3.63) is 53.1 Å². The number of carbonyl (C=O) groups excluding carboxylic acids is 1. The van der Waals surface area contributed by atoms with Crippen LogP contribution in [0, 0.1) is 6.92 Å². The highest BCUT2D eigenvalue weighted by molar-refractivity contribution is 5.95. The van der Waals surface area contributed by atoms with Gasteiger partial charge in [0.25, 0.3) is 5.91 Å². The maximum Gasteiger partial charge on any atom is 0.271 e. The predicted molar refractivity (Wildman–Crippen MR) is 87.5 cm³/mol. The first-order valence-electron chi connectivity index (χ1n) is 6.90. The normalized spacial score (nSPS) is 10.6. The monoisotopic (exact) mass is 314 g/mol. The topological polar surface area (TPSA) is 80.2 Å². The molecule has 1 amide bonds. The molecule has 2 aromatic carbocycles. The number of rotatable bonds is 5. The number of phenolic OH excluding ortho intramolecular Hbond substituents is 1. The van der Waals surface area contributed by atoms with Gasteiger partial charge < -0.3 is 14.6 Å². The number of hydrogen-bond acceptors (Lipinski definition) is 5. The van der Waals surface area contributed by atoms with Crippen molar-refractivity contribution >= 4 is 12.1 Å². The van der Waals surface area contributed by atoms with Crippen molar-refractivity contribution in [2.75, 3.05) is 14.2 Å². The first-order valence-corrected chi connectivity index (χ1v) is 6.90. The molecule has 6 nitrogen and oxygen atoms in total. The summed E-state index contributed by atoms with van der Waals surface area (Å²) in [5, 5.41) is 13.7. The number of ether oxygens (including phenoxy) is 2. The van der Waals surface area contributed by atoms with Gasteiger partial charge in [0.2, 0.25) is 5.75 Å². The summed E-state index contributed by atoms with van der Waals surface area (Å²) >= 11 is 0. The number of nitrogens with one attached hydrogen (secondary N) is 1. The van der Waals surface area contributed by atoms with Gasteiger partial charge in [-0.1, -0.05) is 17.7 Å². The Morgan fingerprint density at radius 2 is 1.83 bits per heavy atom. The number of hydrazone groups is 1. The lowest BCUT2D eigenvalue weighted by Gasteiger charge is -2.09. The molecule has 0 saturated carbocycles. The van der Waals surface area contributed by atoms with Crippen molar-refractivity contribution in [1.82, 2.24) is 5.43 Å². The van der Waals surface area contributed by atoms with Gasteiger partial charge in [-0.15, -0.1) is 0 Å². The van der Waals surface area contributed by atoms with E-state index in [0.29, 0.717) is 11.1 Å². The molecule has 0 aliphatic heterocycles. The second-order valence-corrected chi connectivity index (χ2v) is 4.84. The molecule has 6 heteroatoms. The Balaban J connectivity index is 2.13. The summed E-state index contributed by atoms with van der Waals surface area (Å²) in [7, 11) is 2.88. The number of carbonyl (C=O) groups is 1. The third-order valence-corrected chi connectivity index (χ3v) is 3.16. The van der Waals surface area contributed by atoms with Crippen LogP contribution in [-0.2, 0) is 0 Å². The molecule has 0 saturated heterocycles. The van der Waals surface area contributed by atoms with E-state index in [2.05, 4.69) is 10.5 Å². The van der Waals surface area contributed by atoms with Crippen LogP contribution in [0.2, 0.25) is 0 Å². The molecule has 2 N–H and O–H groups in total. The molecule has 0 heterocycles. The van der Waals surface area contributed by atoms with Crippen LogP contribution in [0.5, 0.6) is 17.2 Å². The van der Waals surface area contributed by atoms with Crippen LogP contribution in [0.1, 0.15) is 21.5 Å². The van der Waals surface area contributed by atoms with Gasteiger partial charge in [-0.3, -0.25) is 4.79 Å². The standard InChI is InChI=1S/C17H18N2O4/c1-11-5-4-6-13(7-11)17(21)19-18-10-12-8-14(22-2)16(20)15(9-12)23-3/h4-10,20H,1-3H3,(H,19,21)/b18-10+. The molecule has 0 spiro atoms. The van der Waals surface area contributed by atoms with Crippen LogP contribution in [0.4, 0.5) is 0 Å². The van der Waals surface area contributed by atoms with Crippen LogP contribution < -0.4 is 14.9 Å². The number of nitrogens with zero attached hydrogens (tertiary/aromatic N) is 1. The minimum absolute atomic E-state index is 0.0871. The lowest BCUT2D eigenvalue weighted by Crippen LogP contribution is -2.17. The van der Waals surface area contributed by atoms with E-state index >= 15 is 0 Å². The lowest BCUT2D eigenvalue weighted by molar-refractivity contribution is 0.0955. The Kier molecular flexibility index (Phi) is 5.19. The average Bonchev–Trinajstić information content (AvgIpc) is 2.55. The van der Waals surface area contributed by atoms with Crippen LogP contribution in [0.3, 0.4) is 0 Å². The molecule has 0 aromatic heterocycles. The maximum absolute atomic E-state index is 12.0. The summed E-state index contributed by atoms with van der Waals surface area (Å²) < 4.78 is 10.1. The molecule has 2 rings (SSSR count). The summed E-state index contributed by atoms with van der Waals surface area (Å²) in [6, 6.07) is 10.4. The molecule has 0 radical (unpaired) electrons. The average molecular weight is 314 g/mol. The van der Waals surface area contributed by atoms with Crippen LogP contribution in [-0.4, -0.2) is 31.4 Å². The molecular formula is C17H18N2O4. The number of methoxy groups -OCH3 is 2. The quantitative estimate of drug-likeness (QED) is 0.656. The van der Waals surface area contributed by atoms with Gasteiger partial charge in [-0.2, -0.15) is 5.10 Å². The third-order valence-electron chi connectivity index (χ3n) is 3.16. The van der Waals surface area contributed by atoms with Crippen molar-refractivity contribution in [1.29, 1.82) is 0 Å². The van der Waals surface area contributed by atoms with E-state index in [-0.39, 0.29) is 23.2 Å². The number of benzene rings is 2. The minimum Gasteiger partial charge on any atom is -0.502 e.